The fourth-order valence-corrected chi connectivity index (χ4v) is 4.20. The number of rotatable bonds is 10. The standard InChI is InChI=1S/C22H25N3O3S2/c1-15-13-23-22(30-15)25-20(27)11-18-10-19(12-21(24-18)29-16(2)14-26)28-9-8-17-6-4-3-5-7-17/h3-7,10,12-13,16,26H,8-9,11,14H2,1-2H3,(H,23,25,27)/t16-/m0/s1. The van der Waals surface area contributed by atoms with E-state index in [9.17, 15) is 9.90 Å². The third-order valence-electron chi connectivity index (χ3n) is 4.12. The van der Waals surface area contributed by atoms with E-state index in [1.54, 1.807) is 12.3 Å². The average Bonchev–Trinajstić information content (AvgIpc) is 3.13. The highest BCUT2D eigenvalue weighted by atomic mass is 32.2. The third kappa shape index (κ3) is 7.12. The van der Waals surface area contributed by atoms with Gasteiger partial charge in [-0.15, -0.1) is 23.1 Å². The number of nitrogens with one attached hydrogen (secondary N) is 1. The van der Waals surface area contributed by atoms with Crippen LogP contribution in [0.1, 0.15) is 23.1 Å². The summed E-state index contributed by atoms with van der Waals surface area (Å²) in [5.41, 5.74) is 1.82. The summed E-state index contributed by atoms with van der Waals surface area (Å²) in [6.07, 6.45) is 2.64. The summed E-state index contributed by atoms with van der Waals surface area (Å²) in [4.78, 5) is 22.2. The van der Waals surface area contributed by atoms with Gasteiger partial charge in [0.05, 0.1) is 25.3 Å². The van der Waals surface area contributed by atoms with E-state index >= 15 is 0 Å². The summed E-state index contributed by atoms with van der Waals surface area (Å²) in [6.45, 7) is 4.44. The molecule has 3 aromatic rings. The number of ether oxygens (including phenoxy) is 1. The van der Waals surface area contributed by atoms with Crippen LogP contribution in [0.5, 0.6) is 5.75 Å². The number of amides is 1. The van der Waals surface area contributed by atoms with Crippen LogP contribution in [-0.2, 0) is 17.6 Å². The van der Waals surface area contributed by atoms with E-state index in [1.807, 2.05) is 38.1 Å². The van der Waals surface area contributed by atoms with Crippen molar-refractivity contribution in [2.45, 2.75) is 37.0 Å². The number of thioether (sulfide) groups is 1. The van der Waals surface area contributed by atoms with Gasteiger partial charge in [0, 0.05) is 34.9 Å². The molecule has 6 nitrogen and oxygen atoms in total. The van der Waals surface area contributed by atoms with Crippen molar-refractivity contribution in [3.63, 3.8) is 0 Å². The van der Waals surface area contributed by atoms with E-state index in [2.05, 4.69) is 27.4 Å². The molecule has 1 aromatic carbocycles. The Balaban J connectivity index is 1.67. The number of pyridine rings is 1. The van der Waals surface area contributed by atoms with Gasteiger partial charge in [-0.25, -0.2) is 9.97 Å². The number of aliphatic hydroxyl groups is 1. The normalized spacial score (nSPS) is 11.8. The maximum Gasteiger partial charge on any atom is 0.232 e. The Morgan fingerprint density at radius 2 is 2.10 bits per heavy atom. The molecular formula is C22H25N3O3S2. The predicted octanol–water partition coefficient (Wildman–Crippen LogP) is 4.12. The molecule has 0 saturated carbocycles. The zero-order valence-electron chi connectivity index (χ0n) is 17.0. The molecule has 0 aliphatic rings. The second-order valence-corrected chi connectivity index (χ2v) is 9.52. The lowest BCUT2D eigenvalue weighted by atomic mass is 10.2. The van der Waals surface area contributed by atoms with Crippen LogP contribution in [0.4, 0.5) is 5.13 Å². The van der Waals surface area contributed by atoms with Gasteiger partial charge in [-0.1, -0.05) is 37.3 Å². The van der Waals surface area contributed by atoms with Crippen molar-refractivity contribution in [3.8, 4) is 5.75 Å². The van der Waals surface area contributed by atoms with Crippen molar-refractivity contribution in [2.75, 3.05) is 18.5 Å². The second kappa shape index (κ2) is 11.1. The van der Waals surface area contributed by atoms with E-state index in [0.29, 0.717) is 23.2 Å². The molecule has 1 atom stereocenters. The second-order valence-electron chi connectivity index (χ2n) is 6.83. The Labute approximate surface area is 184 Å². The first kappa shape index (κ1) is 22.3. The number of thiazole rings is 1. The SMILES string of the molecule is Cc1cnc(NC(=O)Cc2cc(OCCc3ccccc3)cc(S[C@@H](C)CO)n2)s1. The number of carbonyl (C=O) groups is 1. The maximum absolute atomic E-state index is 12.4. The molecule has 2 N–H and O–H groups in total. The molecule has 0 aliphatic carbocycles. The number of hydrogen-bond donors (Lipinski definition) is 2. The van der Waals surface area contributed by atoms with Crippen LogP contribution in [0.25, 0.3) is 0 Å². The predicted molar refractivity (Wildman–Crippen MR) is 121 cm³/mol. The van der Waals surface area contributed by atoms with Crippen LogP contribution < -0.4 is 10.1 Å². The first-order valence-electron chi connectivity index (χ1n) is 9.69. The summed E-state index contributed by atoms with van der Waals surface area (Å²) >= 11 is 2.89. The summed E-state index contributed by atoms with van der Waals surface area (Å²) in [6, 6.07) is 13.8. The Hall–Kier alpha value is -2.42. The summed E-state index contributed by atoms with van der Waals surface area (Å²) < 4.78 is 5.95. The topological polar surface area (TPSA) is 84.3 Å². The minimum Gasteiger partial charge on any atom is -0.493 e. The molecule has 0 aliphatic heterocycles. The van der Waals surface area contributed by atoms with Crippen LogP contribution in [0, 0.1) is 6.92 Å². The van der Waals surface area contributed by atoms with Crippen molar-refractivity contribution in [3.05, 3.63) is 64.8 Å². The Morgan fingerprint density at radius 3 is 2.80 bits per heavy atom. The minimum absolute atomic E-state index is 0.00274. The van der Waals surface area contributed by atoms with Gasteiger partial charge < -0.3 is 15.2 Å². The minimum atomic E-state index is -0.176. The number of anilines is 1. The van der Waals surface area contributed by atoms with Crippen molar-refractivity contribution in [1.29, 1.82) is 0 Å². The lowest BCUT2D eigenvalue weighted by Gasteiger charge is -2.12. The number of benzene rings is 1. The molecule has 0 bridgehead atoms. The fourth-order valence-electron chi connectivity index (χ4n) is 2.68. The highest BCUT2D eigenvalue weighted by Gasteiger charge is 2.13. The van der Waals surface area contributed by atoms with E-state index < -0.39 is 0 Å². The van der Waals surface area contributed by atoms with E-state index in [0.717, 1.165) is 16.3 Å². The Morgan fingerprint density at radius 1 is 1.30 bits per heavy atom. The molecule has 1 amide bonds. The Kier molecular flexibility index (Phi) is 8.24. The largest absolute Gasteiger partial charge is 0.493 e. The smallest absolute Gasteiger partial charge is 0.232 e. The average molecular weight is 444 g/mol. The quantitative estimate of drug-likeness (QED) is 0.459. The molecule has 0 spiro atoms. The Bertz CT molecular complexity index is 963. The van der Waals surface area contributed by atoms with Crippen LogP contribution >= 0.6 is 23.1 Å². The van der Waals surface area contributed by atoms with Gasteiger partial charge in [0.25, 0.3) is 0 Å². The molecule has 0 radical (unpaired) electrons. The molecule has 0 fully saturated rings. The van der Waals surface area contributed by atoms with Crippen LogP contribution in [-0.4, -0.2) is 39.4 Å². The van der Waals surface area contributed by atoms with Gasteiger partial charge in [0.15, 0.2) is 5.13 Å². The zero-order valence-corrected chi connectivity index (χ0v) is 18.6. The molecule has 0 saturated heterocycles. The van der Waals surface area contributed by atoms with Crippen LogP contribution in [0.15, 0.2) is 53.7 Å². The van der Waals surface area contributed by atoms with E-state index in [1.165, 1.54) is 28.7 Å². The number of carbonyl (C=O) groups excluding carboxylic acids is 1. The molecule has 2 heterocycles. The fraction of sp³-hybridized carbons (Fsp3) is 0.318. The molecule has 30 heavy (non-hydrogen) atoms. The number of nitrogens with zero attached hydrogens (tertiary/aromatic N) is 2. The lowest BCUT2D eigenvalue weighted by Crippen LogP contribution is -2.15. The van der Waals surface area contributed by atoms with Gasteiger partial charge in [0.2, 0.25) is 5.91 Å². The number of hydrogen-bond acceptors (Lipinski definition) is 7. The van der Waals surface area contributed by atoms with Crippen LogP contribution in [0.2, 0.25) is 0 Å². The molecule has 0 unspecified atom stereocenters. The zero-order chi connectivity index (χ0) is 21.3. The van der Waals surface area contributed by atoms with Gasteiger partial charge in [0.1, 0.15) is 10.8 Å². The monoisotopic (exact) mass is 443 g/mol. The molecule has 158 valence electrons. The van der Waals surface area contributed by atoms with Crippen molar-refractivity contribution >= 4 is 34.1 Å². The van der Waals surface area contributed by atoms with Crippen molar-refractivity contribution in [2.24, 2.45) is 0 Å². The molecular weight excluding hydrogens is 418 g/mol. The van der Waals surface area contributed by atoms with Crippen LogP contribution in [0.3, 0.4) is 0 Å². The maximum atomic E-state index is 12.4. The molecule has 3 rings (SSSR count). The summed E-state index contributed by atoms with van der Waals surface area (Å²) in [7, 11) is 0. The lowest BCUT2D eigenvalue weighted by molar-refractivity contribution is -0.115. The summed E-state index contributed by atoms with van der Waals surface area (Å²) in [5, 5.41) is 13.5. The first-order valence-corrected chi connectivity index (χ1v) is 11.4. The van der Waals surface area contributed by atoms with Crippen molar-refractivity contribution < 1.29 is 14.6 Å². The van der Waals surface area contributed by atoms with Gasteiger partial charge in [-0.2, -0.15) is 0 Å². The van der Waals surface area contributed by atoms with Gasteiger partial charge >= 0.3 is 0 Å². The van der Waals surface area contributed by atoms with Gasteiger partial charge in [-0.05, 0) is 12.5 Å². The number of aromatic nitrogens is 2. The number of aliphatic hydroxyl groups excluding tert-OH is 1. The van der Waals surface area contributed by atoms with Gasteiger partial charge in [-0.3, -0.25) is 4.79 Å². The van der Waals surface area contributed by atoms with E-state index in [4.69, 9.17) is 4.74 Å². The summed E-state index contributed by atoms with van der Waals surface area (Å²) in [5.74, 6) is 0.492. The number of aryl methyl sites for hydroxylation is 1. The first-order chi connectivity index (χ1) is 14.5. The molecule has 8 heteroatoms. The highest BCUT2D eigenvalue weighted by Crippen LogP contribution is 2.26. The molecule has 2 aromatic heterocycles. The third-order valence-corrected chi connectivity index (χ3v) is 5.95. The van der Waals surface area contributed by atoms with Crippen molar-refractivity contribution in [1.82, 2.24) is 9.97 Å². The highest BCUT2D eigenvalue weighted by molar-refractivity contribution is 7.99. The van der Waals surface area contributed by atoms with E-state index in [-0.39, 0.29) is 24.2 Å².